The largest absolute Gasteiger partial charge is 0.478 e. The first-order chi connectivity index (χ1) is 7.02. The molecule has 15 heavy (non-hydrogen) atoms. The second-order valence-corrected chi connectivity index (χ2v) is 2.85. The summed E-state index contributed by atoms with van der Waals surface area (Å²) in [5.41, 5.74) is 11.1. The van der Waals surface area contributed by atoms with Gasteiger partial charge in [0.15, 0.2) is 0 Å². The average Bonchev–Trinajstić information content (AvgIpc) is 2.15. The van der Waals surface area contributed by atoms with Gasteiger partial charge in [0.2, 0.25) is 5.91 Å². The summed E-state index contributed by atoms with van der Waals surface area (Å²) in [5.74, 6) is -1.73. The number of carboxylic acids is 1. The van der Waals surface area contributed by atoms with E-state index in [2.05, 4.69) is 0 Å². The molecule has 0 atom stereocenters. The smallest absolute Gasteiger partial charge is 0.337 e. The highest BCUT2D eigenvalue weighted by molar-refractivity contribution is 5.97. The van der Waals surface area contributed by atoms with E-state index in [1.807, 2.05) is 0 Å². The Labute approximate surface area is 86.0 Å². The lowest BCUT2D eigenvalue weighted by atomic mass is 10.1. The van der Waals surface area contributed by atoms with Crippen LogP contribution < -0.4 is 11.5 Å². The molecular formula is C10H10N2O3. The van der Waals surface area contributed by atoms with Crippen LogP contribution in [0, 0.1) is 0 Å². The SMILES string of the molecule is NC(=O)/C=C\c1cccc(C(=O)O)c1N. The third-order valence-electron chi connectivity index (χ3n) is 1.80. The summed E-state index contributed by atoms with van der Waals surface area (Å²) in [6, 6.07) is 4.53. The summed E-state index contributed by atoms with van der Waals surface area (Å²) in [6.07, 6.45) is 2.50. The summed E-state index contributed by atoms with van der Waals surface area (Å²) in [4.78, 5) is 21.2. The van der Waals surface area contributed by atoms with E-state index in [0.717, 1.165) is 6.08 Å². The van der Waals surface area contributed by atoms with Gasteiger partial charge in [0, 0.05) is 6.08 Å². The number of anilines is 1. The van der Waals surface area contributed by atoms with Crippen LogP contribution >= 0.6 is 0 Å². The number of nitrogen functional groups attached to an aromatic ring is 1. The average molecular weight is 206 g/mol. The molecule has 1 aromatic rings. The van der Waals surface area contributed by atoms with Crippen molar-refractivity contribution in [3.8, 4) is 0 Å². The summed E-state index contributed by atoms with van der Waals surface area (Å²) in [5, 5.41) is 8.77. The van der Waals surface area contributed by atoms with E-state index in [1.165, 1.54) is 12.1 Å². The van der Waals surface area contributed by atoms with Gasteiger partial charge in [-0.25, -0.2) is 4.79 Å². The van der Waals surface area contributed by atoms with Crippen LogP contribution in [0.2, 0.25) is 0 Å². The Bertz CT molecular complexity index is 438. The lowest BCUT2D eigenvalue weighted by molar-refractivity contribution is -0.113. The maximum Gasteiger partial charge on any atom is 0.337 e. The van der Waals surface area contributed by atoms with Gasteiger partial charge in [-0.15, -0.1) is 0 Å². The maximum absolute atomic E-state index is 10.7. The van der Waals surface area contributed by atoms with Crippen molar-refractivity contribution in [2.75, 3.05) is 5.73 Å². The molecule has 1 aromatic carbocycles. The lowest BCUT2D eigenvalue weighted by Crippen LogP contribution is -2.06. The number of nitrogens with two attached hydrogens (primary N) is 2. The van der Waals surface area contributed by atoms with Crippen molar-refractivity contribution in [3.05, 3.63) is 35.4 Å². The number of carbonyl (C=O) groups excluding carboxylic acids is 1. The van der Waals surface area contributed by atoms with Gasteiger partial charge in [-0.05, 0) is 17.7 Å². The van der Waals surface area contributed by atoms with Gasteiger partial charge >= 0.3 is 5.97 Å². The van der Waals surface area contributed by atoms with Crippen molar-refractivity contribution in [2.45, 2.75) is 0 Å². The molecule has 0 saturated heterocycles. The van der Waals surface area contributed by atoms with Crippen LogP contribution in [0.4, 0.5) is 5.69 Å². The minimum atomic E-state index is -1.11. The molecule has 0 aliphatic heterocycles. The molecule has 0 aromatic heterocycles. The molecule has 1 amide bonds. The highest BCUT2D eigenvalue weighted by Gasteiger charge is 2.08. The number of carboxylic acid groups (broad SMARTS) is 1. The third-order valence-corrected chi connectivity index (χ3v) is 1.80. The van der Waals surface area contributed by atoms with Crippen LogP contribution in [0.5, 0.6) is 0 Å². The van der Waals surface area contributed by atoms with Crippen LogP contribution in [0.15, 0.2) is 24.3 Å². The van der Waals surface area contributed by atoms with Crippen molar-refractivity contribution in [3.63, 3.8) is 0 Å². The zero-order valence-corrected chi connectivity index (χ0v) is 7.81. The molecule has 0 aliphatic rings. The number of primary amides is 1. The molecule has 0 unspecified atom stereocenters. The number of carbonyl (C=O) groups is 2. The van der Waals surface area contributed by atoms with E-state index >= 15 is 0 Å². The number of hydrogen-bond donors (Lipinski definition) is 3. The van der Waals surface area contributed by atoms with E-state index in [4.69, 9.17) is 16.6 Å². The zero-order chi connectivity index (χ0) is 11.4. The van der Waals surface area contributed by atoms with Crippen molar-refractivity contribution in [1.82, 2.24) is 0 Å². The molecule has 0 spiro atoms. The standard InChI is InChI=1S/C10H10N2O3/c11-8(13)5-4-6-2-1-3-7(9(6)12)10(14)15/h1-5H,12H2,(H2,11,13)(H,14,15)/b5-4-. The van der Waals surface area contributed by atoms with E-state index in [0.29, 0.717) is 5.56 Å². The van der Waals surface area contributed by atoms with Crippen LogP contribution in [-0.4, -0.2) is 17.0 Å². The highest BCUT2D eigenvalue weighted by Crippen LogP contribution is 2.18. The Morgan fingerprint density at radius 1 is 1.33 bits per heavy atom. The van der Waals surface area contributed by atoms with Crippen LogP contribution in [0.1, 0.15) is 15.9 Å². The third kappa shape index (κ3) is 2.57. The Morgan fingerprint density at radius 2 is 2.00 bits per heavy atom. The van der Waals surface area contributed by atoms with E-state index in [-0.39, 0.29) is 11.3 Å². The predicted molar refractivity (Wildman–Crippen MR) is 56.0 cm³/mol. The molecule has 0 saturated carbocycles. The zero-order valence-electron chi connectivity index (χ0n) is 7.81. The summed E-state index contributed by atoms with van der Waals surface area (Å²) in [7, 11) is 0. The molecule has 5 N–H and O–H groups in total. The van der Waals surface area contributed by atoms with Gasteiger partial charge in [0.05, 0.1) is 11.3 Å². The highest BCUT2D eigenvalue weighted by atomic mass is 16.4. The summed E-state index contributed by atoms with van der Waals surface area (Å²) < 4.78 is 0. The fraction of sp³-hybridized carbons (Fsp3) is 0. The van der Waals surface area contributed by atoms with Crippen molar-refractivity contribution < 1.29 is 14.7 Å². The predicted octanol–water partition coefficient (Wildman–Crippen LogP) is 0.466. The first kappa shape index (κ1) is 10.8. The number of amides is 1. The number of rotatable bonds is 3. The Kier molecular flexibility index (Phi) is 3.07. The van der Waals surface area contributed by atoms with Crippen LogP contribution in [-0.2, 0) is 4.79 Å². The molecule has 0 radical (unpaired) electrons. The molecule has 5 heteroatoms. The van der Waals surface area contributed by atoms with Crippen LogP contribution in [0.3, 0.4) is 0 Å². The molecule has 0 heterocycles. The van der Waals surface area contributed by atoms with Gasteiger partial charge in [-0.1, -0.05) is 12.1 Å². The Hall–Kier alpha value is -2.30. The second-order valence-electron chi connectivity index (χ2n) is 2.85. The van der Waals surface area contributed by atoms with E-state index in [1.54, 1.807) is 12.1 Å². The minimum absolute atomic E-state index is 0.00150. The number of benzene rings is 1. The molecule has 0 bridgehead atoms. The summed E-state index contributed by atoms with van der Waals surface area (Å²) in [6.45, 7) is 0. The molecule has 78 valence electrons. The van der Waals surface area contributed by atoms with Gasteiger partial charge in [-0.3, -0.25) is 4.79 Å². The number of para-hydroxylation sites is 1. The number of aromatic carboxylic acids is 1. The number of hydrogen-bond acceptors (Lipinski definition) is 3. The quantitative estimate of drug-likeness (QED) is 0.493. The van der Waals surface area contributed by atoms with Crippen molar-refractivity contribution >= 4 is 23.6 Å². The first-order valence-corrected chi connectivity index (χ1v) is 4.11. The Balaban J connectivity index is 3.15. The molecular weight excluding hydrogens is 196 g/mol. The van der Waals surface area contributed by atoms with Gasteiger partial charge in [0.25, 0.3) is 0 Å². The van der Waals surface area contributed by atoms with E-state index < -0.39 is 11.9 Å². The minimum Gasteiger partial charge on any atom is -0.478 e. The molecule has 1 rings (SSSR count). The molecule has 0 fully saturated rings. The van der Waals surface area contributed by atoms with Crippen molar-refractivity contribution in [1.29, 1.82) is 0 Å². The second kappa shape index (κ2) is 4.28. The topological polar surface area (TPSA) is 106 Å². The molecule has 5 nitrogen and oxygen atoms in total. The maximum atomic E-state index is 10.7. The summed E-state index contributed by atoms with van der Waals surface area (Å²) >= 11 is 0. The fourth-order valence-corrected chi connectivity index (χ4v) is 1.09. The lowest BCUT2D eigenvalue weighted by Gasteiger charge is -2.03. The van der Waals surface area contributed by atoms with Gasteiger partial charge in [0.1, 0.15) is 0 Å². The fourth-order valence-electron chi connectivity index (χ4n) is 1.09. The first-order valence-electron chi connectivity index (χ1n) is 4.11. The van der Waals surface area contributed by atoms with Gasteiger partial charge in [-0.2, -0.15) is 0 Å². The van der Waals surface area contributed by atoms with Crippen LogP contribution in [0.25, 0.3) is 6.08 Å². The monoisotopic (exact) mass is 206 g/mol. The Morgan fingerprint density at radius 3 is 2.53 bits per heavy atom. The van der Waals surface area contributed by atoms with E-state index in [9.17, 15) is 9.59 Å². The molecule has 0 aliphatic carbocycles. The van der Waals surface area contributed by atoms with Crippen molar-refractivity contribution in [2.24, 2.45) is 5.73 Å². The normalized spacial score (nSPS) is 10.4. The van der Waals surface area contributed by atoms with Gasteiger partial charge < -0.3 is 16.6 Å².